The number of benzene rings is 2. The summed E-state index contributed by atoms with van der Waals surface area (Å²) in [6, 6.07) is 10.1. The number of nitrogens with one attached hydrogen (secondary N) is 2. The molecule has 0 unspecified atom stereocenters. The molecule has 3 N–H and O–H groups in total. The van der Waals surface area contributed by atoms with Gasteiger partial charge in [0.05, 0.1) is 5.69 Å². The van der Waals surface area contributed by atoms with Gasteiger partial charge in [-0.25, -0.2) is 13.4 Å². The number of sulfonamides is 1. The molecule has 0 spiro atoms. The van der Waals surface area contributed by atoms with E-state index in [-0.39, 0.29) is 10.5 Å². The lowest BCUT2D eigenvalue weighted by atomic mass is 10.0. The van der Waals surface area contributed by atoms with Gasteiger partial charge in [-0.15, -0.1) is 11.3 Å². The van der Waals surface area contributed by atoms with E-state index in [9.17, 15) is 18.3 Å². The third-order valence-corrected chi connectivity index (χ3v) is 6.27. The molecule has 1 aliphatic rings. The van der Waals surface area contributed by atoms with E-state index in [4.69, 9.17) is 0 Å². The molecule has 9 heteroatoms. The summed E-state index contributed by atoms with van der Waals surface area (Å²) >= 11 is 1.21. The maximum atomic E-state index is 12.8. The third kappa shape index (κ3) is 2.61. The number of fused-ring (bicyclic) bond motifs is 3. The molecule has 0 radical (unpaired) electrons. The van der Waals surface area contributed by atoms with Crippen molar-refractivity contribution in [3.05, 3.63) is 58.7 Å². The second kappa shape index (κ2) is 5.82. The molecule has 1 amide bonds. The number of hydrogen-bond acceptors (Lipinski definition) is 6. The molecule has 2 heterocycles. The van der Waals surface area contributed by atoms with E-state index in [1.807, 2.05) is 0 Å². The average molecular weight is 387 g/mol. The van der Waals surface area contributed by atoms with Crippen LogP contribution in [0.2, 0.25) is 0 Å². The van der Waals surface area contributed by atoms with Gasteiger partial charge in [-0.3, -0.25) is 14.8 Å². The molecule has 4 rings (SSSR count). The van der Waals surface area contributed by atoms with Gasteiger partial charge in [-0.05, 0) is 18.4 Å². The number of aryl methyl sites for hydroxylation is 1. The monoisotopic (exact) mass is 387 g/mol. The first-order valence-corrected chi connectivity index (χ1v) is 9.95. The third-order valence-electron chi connectivity index (χ3n) is 3.94. The van der Waals surface area contributed by atoms with Crippen LogP contribution >= 0.6 is 11.3 Å². The lowest BCUT2D eigenvalue weighted by Crippen LogP contribution is -2.35. The predicted octanol–water partition coefficient (Wildman–Crippen LogP) is 2.76. The van der Waals surface area contributed by atoms with Crippen molar-refractivity contribution in [1.29, 1.82) is 0 Å². The minimum Gasteiger partial charge on any atom is -0.505 e. The van der Waals surface area contributed by atoms with Crippen LogP contribution in [0.3, 0.4) is 0 Å². The molecule has 1 aromatic heterocycles. The summed E-state index contributed by atoms with van der Waals surface area (Å²) in [4.78, 5) is 16.5. The molecule has 132 valence electrons. The number of aromatic nitrogens is 1. The Morgan fingerprint density at radius 3 is 2.73 bits per heavy atom. The van der Waals surface area contributed by atoms with Crippen LogP contribution in [-0.2, 0) is 14.8 Å². The fourth-order valence-electron chi connectivity index (χ4n) is 2.81. The zero-order valence-electron chi connectivity index (χ0n) is 13.5. The standard InChI is InChI=1S/C17H13N3O4S2/c1-9-8-25-17(18-9)19-16(22)13-14(21)12-7-6-10-4-2-3-5-11(10)15(12)26(23,24)20-13/h2-8,20-21H,1H3,(H,18,19,22). The summed E-state index contributed by atoms with van der Waals surface area (Å²) in [5.74, 6) is -1.20. The fraction of sp³-hybridized carbons (Fsp3) is 0.0588. The molecule has 26 heavy (non-hydrogen) atoms. The van der Waals surface area contributed by atoms with Gasteiger partial charge in [0, 0.05) is 16.3 Å². The van der Waals surface area contributed by atoms with Gasteiger partial charge in [0.1, 0.15) is 4.90 Å². The van der Waals surface area contributed by atoms with E-state index >= 15 is 0 Å². The summed E-state index contributed by atoms with van der Waals surface area (Å²) in [6.45, 7) is 1.77. The number of carbonyl (C=O) groups excluding carboxylic acids is 1. The quantitative estimate of drug-likeness (QED) is 0.627. The van der Waals surface area contributed by atoms with Crippen LogP contribution in [-0.4, -0.2) is 24.4 Å². The molecule has 0 saturated heterocycles. The van der Waals surface area contributed by atoms with Crippen LogP contribution in [0.15, 0.2) is 52.4 Å². The minimum atomic E-state index is -4.03. The van der Waals surface area contributed by atoms with Crippen molar-refractivity contribution in [2.75, 3.05) is 5.32 Å². The van der Waals surface area contributed by atoms with Crippen molar-refractivity contribution in [2.24, 2.45) is 0 Å². The van der Waals surface area contributed by atoms with Gasteiger partial charge in [0.25, 0.3) is 15.9 Å². The van der Waals surface area contributed by atoms with Crippen LogP contribution in [0.5, 0.6) is 0 Å². The highest BCUT2D eigenvalue weighted by Crippen LogP contribution is 2.35. The Morgan fingerprint density at radius 2 is 2.00 bits per heavy atom. The van der Waals surface area contributed by atoms with E-state index in [2.05, 4.69) is 15.0 Å². The van der Waals surface area contributed by atoms with Gasteiger partial charge in [0.15, 0.2) is 16.6 Å². The molecule has 0 fully saturated rings. The summed E-state index contributed by atoms with van der Waals surface area (Å²) in [5.41, 5.74) is 0.382. The Kier molecular flexibility index (Phi) is 3.70. The molecule has 7 nitrogen and oxygen atoms in total. The van der Waals surface area contributed by atoms with Crippen molar-refractivity contribution in [1.82, 2.24) is 9.71 Å². The normalized spacial score (nSPS) is 15.4. The predicted molar refractivity (Wildman–Crippen MR) is 99.3 cm³/mol. The summed E-state index contributed by atoms with van der Waals surface area (Å²) in [6.07, 6.45) is 0. The number of carbonyl (C=O) groups is 1. The SMILES string of the molecule is Cc1csc(NC(=O)C2=C(O)c3ccc4ccccc4c3S(=O)(=O)N2)n1. The van der Waals surface area contributed by atoms with E-state index in [1.165, 1.54) is 17.4 Å². The molecule has 0 bridgehead atoms. The molecule has 1 aliphatic heterocycles. The molecule has 0 atom stereocenters. The van der Waals surface area contributed by atoms with E-state index in [1.54, 1.807) is 42.6 Å². The maximum Gasteiger partial charge on any atom is 0.278 e. The molecule has 0 saturated carbocycles. The summed E-state index contributed by atoms with van der Waals surface area (Å²) in [5, 5.41) is 16.3. The number of thiazole rings is 1. The Balaban J connectivity index is 1.85. The smallest absolute Gasteiger partial charge is 0.278 e. The maximum absolute atomic E-state index is 12.8. The van der Waals surface area contributed by atoms with Gasteiger partial charge in [-0.1, -0.05) is 30.3 Å². The number of rotatable bonds is 2. The molecular formula is C17H13N3O4S2. The second-order valence-corrected chi connectivity index (χ2v) is 8.22. The first-order valence-electron chi connectivity index (χ1n) is 7.58. The van der Waals surface area contributed by atoms with Gasteiger partial charge in [0.2, 0.25) is 0 Å². The lowest BCUT2D eigenvalue weighted by molar-refractivity contribution is -0.113. The van der Waals surface area contributed by atoms with Crippen molar-refractivity contribution in [2.45, 2.75) is 11.8 Å². The number of aliphatic hydroxyl groups is 1. The first-order chi connectivity index (χ1) is 12.4. The van der Waals surface area contributed by atoms with Gasteiger partial charge >= 0.3 is 0 Å². The highest BCUT2D eigenvalue weighted by molar-refractivity contribution is 7.90. The highest BCUT2D eigenvalue weighted by Gasteiger charge is 2.34. The number of hydrogen-bond donors (Lipinski definition) is 3. The van der Waals surface area contributed by atoms with Crippen LogP contribution in [0.25, 0.3) is 16.5 Å². The van der Waals surface area contributed by atoms with Gasteiger partial charge in [-0.2, -0.15) is 0 Å². The number of nitrogens with zero attached hydrogens (tertiary/aromatic N) is 1. The van der Waals surface area contributed by atoms with Crippen molar-refractivity contribution in [3.63, 3.8) is 0 Å². The number of amides is 1. The first kappa shape index (κ1) is 16.6. The zero-order valence-corrected chi connectivity index (χ0v) is 15.1. The lowest BCUT2D eigenvalue weighted by Gasteiger charge is -2.22. The van der Waals surface area contributed by atoms with Crippen LogP contribution in [0, 0.1) is 6.92 Å². The fourth-order valence-corrected chi connectivity index (χ4v) is 4.99. The van der Waals surface area contributed by atoms with Crippen molar-refractivity contribution >= 4 is 48.9 Å². The topological polar surface area (TPSA) is 108 Å². The average Bonchev–Trinajstić information content (AvgIpc) is 3.02. The summed E-state index contributed by atoms with van der Waals surface area (Å²) < 4.78 is 27.7. The van der Waals surface area contributed by atoms with Crippen LogP contribution in [0.4, 0.5) is 5.13 Å². The van der Waals surface area contributed by atoms with E-state index in [0.29, 0.717) is 10.5 Å². The van der Waals surface area contributed by atoms with Crippen molar-refractivity contribution < 1.29 is 18.3 Å². The second-order valence-electron chi connectivity index (χ2n) is 5.74. The molecular weight excluding hydrogens is 374 g/mol. The van der Waals surface area contributed by atoms with E-state index < -0.39 is 27.4 Å². The zero-order chi connectivity index (χ0) is 18.5. The largest absolute Gasteiger partial charge is 0.505 e. The molecule has 0 aliphatic carbocycles. The Hall–Kier alpha value is -2.91. The number of aliphatic hydroxyl groups excluding tert-OH is 1. The van der Waals surface area contributed by atoms with Gasteiger partial charge < -0.3 is 5.11 Å². The number of anilines is 1. The summed E-state index contributed by atoms with van der Waals surface area (Å²) in [7, 11) is -4.03. The van der Waals surface area contributed by atoms with Crippen LogP contribution in [0.1, 0.15) is 11.3 Å². The highest BCUT2D eigenvalue weighted by atomic mass is 32.2. The Labute approximate surface area is 153 Å². The van der Waals surface area contributed by atoms with Crippen molar-refractivity contribution in [3.8, 4) is 0 Å². The van der Waals surface area contributed by atoms with Crippen LogP contribution < -0.4 is 10.0 Å². The Morgan fingerprint density at radius 1 is 1.23 bits per heavy atom. The molecule has 2 aromatic carbocycles. The molecule has 3 aromatic rings. The van der Waals surface area contributed by atoms with E-state index in [0.717, 1.165) is 11.1 Å². The Bertz CT molecular complexity index is 1200. The minimum absolute atomic E-state index is 0.0465.